The first kappa shape index (κ1) is 18.4. The number of amides is 1. The molecule has 28 heavy (non-hydrogen) atoms. The summed E-state index contributed by atoms with van der Waals surface area (Å²) in [6.07, 6.45) is 0.925. The predicted molar refractivity (Wildman–Crippen MR) is 107 cm³/mol. The molecule has 0 saturated heterocycles. The largest absolute Gasteiger partial charge is 0.352 e. The molecule has 0 radical (unpaired) electrons. The Morgan fingerprint density at radius 1 is 1.14 bits per heavy atom. The van der Waals surface area contributed by atoms with Gasteiger partial charge in [0, 0.05) is 24.8 Å². The van der Waals surface area contributed by atoms with E-state index in [1.54, 1.807) is 13.0 Å². The van der Waals surface area contributed by atoms with Gasteiger partial charge in [-0.15, -0.1) is 0 Å². The zero-order valence-corrected chi connectivity index (χ0v) is 16.0. The first-order chi connectivity index (χ1) is 13.5. The van der Waals surface area contributed by atoms with Crippen molar-refractivity contribution < 1.29 is 9.18 Å². The molecule has 1 amide bonds. The topological polar surface area (TPSA) is 58.1 Å². The maximum atomic E-state index is 13.3. The lowest BCUT2D eigenvalue weighted by Crippen LogP contribution is -2.31. The van der Waals surface area contributed by atoms with Gasteiger partial charge in [0.05, 0.1) is 5.02 Å². The van der Waals surface area contributed by atoms with Crippen molar-refractivity contribution in [3.63, 3.8) is 0 Å². The minimum absolute atomic E-state index is 0.0515. The normalized spacial score (nSPS) is 13.2. The van der Waals surface area contributed by atoms with E-state index in [-0.39, 0.29) is 10.7 Å². The number of carbonyl (C=O) groups excluding carboxylic acids is 1. The van der Waals surface area contributed by atoms with E-state index in [4.69, 9.17) is 11.6 Å². The average molecular weight is 397 g/mol. The Morgan fingerprint density at radius 2 is 1.93 bits per heavy atom. The molecule has 0 bridgehead atoms. The van der Waals surface area contributed by atoms with Gasteiger partial charge in [0.25, 0.3) is 5.91 Å². The molecule has 1 N–H and O–H groups in total. The maximum absolute atomic E-state index is 13.3. The summed E-state index contributed by atoms with van der Waals surface area (Å²) in [7, 11) is 0. The van der Waals surface area contributed by atoms with Crippen LogP contribution in [0.3, 0.4) is 0 Å². The van der Waals surface area contributed by atoms with E-state index in [9.17, 15) is 9.18 Å². The van der Waals surface area contributed by atoms with Crippen LogP contribution in [-0.2, 0) is 13.0 Å². The van der Waals surface area contributed by atoms with Crippen molar-refractivity contribution in [3.05, 3.63) is 82.0 Å². The van der Waals surface area contributed by atoms with Gasteiger partial charge in [-0.1, -0.05) is 35.9 Å². The third-order valence-electron chi connectivity index (χ3n) is 4.69. The maximum Gasteiger partial charge on any atom is 0.274 e. The fourth-order valence-electron chi connectivity index (χ4n) is 3.29. The van der Waals surface area contributed by atoms with E-state index in [2.05, 4.69) is 32.3 Å². The van der Waals surface area contributed by atoms with Crippen LogP contribution >= 0.6 is 11.6 Å². The molecule has 5 nitrogen and oxygen atoms in total. The highest BCUT2D eigenvalue weighted by Gasteiger charge is 2.20. The number of fused-ring (bicyclic) bond motifs is 1. The molecule has 0 saturated carbocycles. The Hall–Kier alpha value is -2.99. The summed E-state index contributed by atoms with van der Waals surface area (Å²) in [5.74, 6) is 0.292. The molecule has 1 aliphatic rings. The van der Waals surface area contributed by atoms with Crippen LogP contribution in [0.4, 0.5) is 15.9 Å². The van der Waals surface area contributed by atoms with E-state index < -0.39 is 11.7 Å². The number of hydrogen-bond donors (Lipinski definition) is 1. The first-order valence-electron chi connectivity index (χ1n) is 8.93. The predicted octanol–water partition coefficient (Wildman–Crippen LogP) is 4.39. The van der Waals surface area contributed by atoms with Crippen molar-refractivity contribution in [3.8, 4) is 0 Å². The molecule has 3 aromatic rings. The summed E-state index contributed by atoms with van der Waals surface area (Å²) in [6, 6.07) is 14.0. The second kappa shape index (κ2) is 7.56. The molecule has 2 aromatic carbocycles. The zero-order chi connectivity index (χ0) is 19.7. The van der Waals surface area contributed by atoms with Crippen LogP contribution in [0.5, 0.6) is 0 Å². The molecule has 2 heterocycles. The Balaban J connectivity index is 1.57. The number of nitrogens with one attached hydrogen (secondary N) is 1. The van der Waals surface area contributed by atoms with Crippen LogP contribution < -0.4 is 10.2 Å². The summed E-state index contributed by atoms with van der Waals surface area (Å²) in [5.41, 5.74) is 3.26. The summed E-state index contributed by atoms with van der Waals surface area (Å²) in [6.45, 7) is 3.32. The highest BCUT2D eigenvalue weighted by Crippen LogP contribution is 2.24. The first-order valence-corrected chi connectivity index (χ1v) is 9.31. The molecule has 142 valence electrons. The Bertz CT molecular complexity index is 1060. The quantitative estimate of drug-likeness (QED) is 0.713. The van der Waals surface area contributed by atoms with Gasteiger partial charge in [0.15, 0.2) is 0 Å². The van der Waals surface area contributed by atoms with Crippen LogP contribution in [-0.4, -0.2) is 22.4 Å². The highest BCUT2D eigenvalue weighted by molar-refractivity contribution is 6.31. The van der Waals surface area contributed by atoms with Gasteiger partial charge in [-0.25, -0.2) is 14.4 Å². The van der Waals surface area contributed by atoms with Gasteiger partial charge in [-0.2, -0.15) is 0 Å². The Kier molecular flexibility index (Phi) is 4.96. The molecular weight excluding hydrogens is 379 g/mol. The molecule has 0 spiro atoms. The summed E-state index contributed by atoms with van der Waals surface area (Å²) >= 11 is 5.78. The third kappa shape index (κ3) is 3.82. The van der Waals surface area contributed by atoms with Crippen molar-refractivity contribution in [2.24, 2.45) is 0 Å². The number of aromatic nitrogens is 2. The van der Waals surface area contributed by atoms with Crippen LogP contribution in [0.15, 0.2) is 48.5 Å². The number of aryl methyl sites for hydroxylation is 1. The van der Waals surface area contributed by atoms with Crippen LogP contribution in [0.1, 0.15) is 27.4 Å². The summed E-state index contributed by atoms with van der Waals surface area (Å²) in [5, 5.41) is 2.65. The molecular formula is C21H18ClFN4O. The number of benzene rings is 2. The number of hydrogen-bond acceptors (Lipinski definition) is 4. The number of nitrogens with zero attached hydrogens (tertiary/aromatic N) is 3. The monoisotopic (exact) mass is 396 g/mol. The van der Waals surface area contributed by atoms with E-state index in [0.717, 1.165) is 19.5 Å². The minimum Gasteiger partial charge on any atom is -0.352 e. The van der Waals surface area contributed by atoms with Gasteiger partial charge in [0.1, 0.15) is 23.2 Å². The highest BCUT2D eigenvalue weighted by atomic mass is 35.5. The number of carbonyl (C=O) groups is 1. The van der Waals surface area contributed by atoms with Gasteiger partial charge in [-0.05, 0) is 42.7 Å². The van der Waals surface area contributed by atoms with Crippen molar-refractivity contribution in [2.45, 2.75) is 19.9 Å². The minimum atomic E-state index is -0.537. The molecule has 0 fully saturated rings. The van der Waals surface area contributed by atoms with Crippen LogP contribution in [0.2, 0.25) is 5.02 Å². The van der Waals surface area contributed by atoms with Gasteiger partial charge in [0.2, 0.25) is 0 Å². The smallest absolute Gasteiger partial charge is 0.274 e. The third-order valence-corrected chi connectivity index (χ3v) is 4.98. The second-order valence-corrected chi connectivity index (χ2v) is 7.09. The zero-order valence-electron chi connectivity index (χ0n) is 15.2. The van der Waals surface area contributed by atoms with Crippen LogP contribution in [0, 0.1) is 12.7 Å². The molecule has 0 atom stereocenters. The van der Waals surface area contributed by atoms with Gasteiger partial charge >= 0.3 is 0 Å². The SMILES string of the molecule is Cc1nc(C(=O)Nc2ccc(F)c(Cl)c2)cc(N2CCc3ccccc3C2)n1. The second-order valence-electron chi connectivity index (χ2n) is 6.68. The van der Waals surface area contributed by atoms with Gasteiger partial charge in [-0.3, -0.25) is 4.79 Å². The fourth-order valence-corrected chi connectivity index (χ4v) is 3.47. The molecule has 0 aliphatic carbocycles. The number of halogens is 2. The lowest BCUT2D eigenvalue weighted by Gasteiger charge is -2.30. The Labute approximate surface area is 167 Å². The van der Waals surface area contributed by atoms with E-state index in [1.165, 1.54) is 29.3 Å². The molecule has 1 aliphatic heterocycles. The fraction of sp³-hybridized carbons (Fsp3) is 0.190. The van der Waals surface area contributed by atoms with Crippen molar-refractivity contribution in [2.75, 3.05) is 16.8 Å². The number of anilines is 2. The number of rotatable bonds is 3. The van der Waals surface area contributed by atoms with Crippen LogP contribution in [0.25, 0.3) is 0 Å². The molecule has 1 aromatic heterocycles. The standard InChI is InChI=1S/C21H18ClFN4O/c1-13-24-19(21(28)26-16-6-7-18(23)17(22)10-16)11-20(25-13)27-9-8-14-4-2-3-5-15(14)12-27/h2-7,10-11H,8-9,12H2,1H3,(H,26,28). The molecule has 4 rings (SSSR count). The molecule has 7 heteroatoms. The van der Waals surface area contributed by atoms with Gasteiger partial charge < -0.3 is 10.2 Å². The average Bonchev–Trinajstić information content (AvgIpc) is 2.70. The summed E-state index contributed by atoms with van der Waals surface area (Å²) in [4.78, 5) is 23.5. The summed E-state index contributed by atoms with van der Waals surface area (Å²) < 4.78 is 13.3. The lowest BCUT2D eigenvalue weighted by atomic mass is 10.00. The van der Waals surface area contributed by atoms with Crippen molar-refractivity contribution >= 4 is 29.0 Å². The van der Waals surface area contributed by atoms with E-state index in [1.807, 2.05) is 12.1 Å². The Morgan fingerprint density at radius 3 is 2.71 bits per heavy atom. The van der Waals surface area contributed by atoms with Crippen molar-refractivity contribution in [1.29, 1.82) is 0 Å². The molecule has 0 unspecified atom stereocenters. The lowest BCUT2D eigenvalue weighted by molar-refractivity contribution is 0.102. The van der Waals surface area contributed by atoms with E-state index >= 15 is 0 Å². The van der Waals surface area contributed by atoms with Crippen molar-refractivity contribution in [1.82, 2.24) is 9.97 Å². The van der Waals surface area contributed by atoms with E-state index in [0.29, 0.717) is 17.3 Å².